The maximum absolute atomic E-state index is 13.3. The van der Waals surface area contributed by atoms with Crippen LogP contribution in [0.2, 0.25) is 0 Å². The van der Waals surface area contributed by atoms with Gasteiger partial charge in [-0.3, -0.25) is 19.2 Å². The monoisotopic (exact) mass is 529 g/mol. The fourth-order valence-corrected chi connectivity index (χ4v) is 3.71. The van der Waals surface area contributed by atoms with Crippen molar-refractivity contribution in [3.63, 3.8) is 0 Å². The summed E-state index contributed by atoms with van der Waals surface area (Å²) in [5.74, 6) is -4.18. The molecule has 0 spiro atoms. The molecule has 0 fully saturated rings. The van der Waals surface area contributed by atoms with Crippen molar-refractivity contribution in [2.75, 3.05) is 0 Å². The lowest BCUT2D eigenvalue weighted by Gasteiger charge is -2.26. The molecule has 0 radical (unpaired) electrons. The van der Waals surface area contributed by atoms with E-state index in [1.165, 1.54) is 12.5 Å². The van der Waals surface area contributed by atoms with Crippen molar-refractivity contribution in [1.29, 1.82) is 0 Å². The topological polar surface area (TPSA) is 222 Å². The van der Waals surface area contributed by atoms with Gasteiger partial charge in [0.2, 0.25) is 23.6 Å². The first kappa shape index (κ1) is 30.0. The Hall–Kier alpha value is -4.26. The first-order valence-electron chi connectivity index (χ1n) is 12.1. The lowest BCUT2D eigenvalue weighted by molar-refractivity contribution is -0.142. The lowest BCUT2D eigenvalue weighted by Crippen LogP contribution is -2.58. The van der Waals surface area contributed by atoms with Crippen molar-refractivity contribution in [3.8, 4) is 0 Å². The van der Waals surface area contributed by atoms with Gasteiger partial charge >= 0.3 is 5.97 Å². The number of hydrogen-bond acceptors (Lipinski definition) is 7. The van der Waals surface area contributed by atoms with Gasteiger partial charge in [0.05, 0.1) is 18.8 Å². The Bertz CT molecular complexity index is 1090. The summed E-state index contributed by atoms with van der Waals surface area (Å²) < 4.78 is 0. The summed E-state index contributed by atoms with van der Waals surface area (Å²) in [6.07, 6.45) is 2.71. The summed E-state index contributed by atoms with van der Waals surface area (Å²) in [5.41, 5.74) is 12.1. The molecule has 4 amide bonds. The molecular weight excluding hydrogens is 494 g/mol. The normalized spacial score (nSPS) is 14.1. The predicted molar refractivity (Wildman–Crippen MR) is 137 cm³/mol. The summed E-state index contributed by atoms with van der Waals surface area (Å²) in [6, 6.07) is 4.08. The maximum atomic E-state index is 13.3. The van der Waals surface area contributed by atoms with Crippen LogP contribution in [-0.2, 0) is 36.8 Å². The number of nitrogens with two attached hydrogens (primary N) is 2. The highest BCUT2D eigenvalue weighted by molar-refractivity contribution is 5.95. The smallest absolute Gasteiger partial charge is 0.326 e. The molecule has 1 aromatic heterocycles. The number of nitrogens with zero attached hydrogens (tertiary/aromatic N) is 1. The Morgan fingerprint density at radius 2 is 1.53 bits per heavy atom. The SMILES string of the molecule is CC(C)CC(NC(=O)C(Cc1cnc[nH]1)NC(=O)C(N)CC(N)=O)C(=O)NC(Cc1ccccc1)C(=O)O. The van der Waals surface area contributed by atoms with Crippen LogP contribution >= 0.6 is 0 Å². The number of H-pyrrole nitrogens is 1. The number of aromatic nitrogens is 2. The molecule has 0 aliphatic rings. The number of aliphatic carboxylic acids is 1. The zero-order valence-electron chi connectivity index (χ0n) is 21.3. The Labute approximate surface area is 220 Å². The molecule has 0 bridgehead atoms. The Morgan fingerprint density at radius 3 is 2.08 bits per heavy atom. The van der Waals surface area contributed by atoms with Crippen molar-refractivity contribution >= 4 is 29.6 Å². The molecule has 4 unspecified atom stereocenters. The molecule has 1 aromatic carbocycles. The van der Waals surface area contributed by atoms with Crippen molar-refractivity contribution in [2.45, 2.75) is 63.7 Å². The first-order valence-corrected chi connectivity index (χ1v) is 12.1. The van der Waals surface area contributed by atoms with Crippen LogP contribution in [0.25, 0.3) is 0 Å². The van der Waals surface area contributed by atoms with E-state index in [0.29, 0.717) is 5.69 Å². The van der Waals surface area contributed by atoms with Gasteiger partial charge in [-0.15, -0.1) is 0 Å². The van der Waals surface area contributed by atoms with Gasteiger partial charge < -0.3 is 37.5 Å². The molecule has 2 rings (SSSR count). The second-order valence-corrected chi connectivity index (χ2v) is 9.40. The average molecular weight is 530 g/mol. The molecule has 1 heterocycles. The number of carboxylic acid groups (broad SMARTS) is 1. The van der Waals surface area contributed by atoms with Crippen molar-refractivity contribution in [2.24, 2.45) is 17.4 Å². The molecule has 38 heavy (non-hydrogen) atoms. The molecule has 2 aromatic rings. The first-order chi connectivity index (χ1) is 18.0. The van der Waals surface area contributed by atoms with Gasteiger partial charge in [0.1, 0.15) is 18.1 Å². The van der Waals surface area contributed by atoms with Crippen molar-refractivity contribution in [1.82, 2.24) is 25.9 Å². The molecule has 0 saturated carbocycles. The quantitative estimate of drug-likeness (QED) is 0.151. The van der Waals surface area contributed by atoms with Crippen LogP contribution < -0.4 is 27.4 Å². The molecule has 0 saturated heterocycles. The summed E-state index contributed by atoms with van der Waals surface area (Å²) in [7, 11) is 0. The van der Waals surface area contributed by atoms with Crippen molar-refractivity contribution < 1.29 is 29.1 Å². The molecule has 0 aliphatic heterocycles. The molecule has 206 valence electrons. The van der Waals surface area contributed by atoms with Crippen LogP contribution in [0, 0.1) is 5.92 Å². The van der Waals surface area contributed by atoms with Crippen LogP contribution in [-0.4, -0.2) is 68.8 Å². The van der Waals surface area contributed by atoms with E-state index in [0.717, 1.165) is 5.56 Å². The van der Waals surface area contributed by atoms with E-state index in [-0.39, 0.29) is 25.2 Å². The fraction of sp³-hybridized carbons (Fsp3) is 0.440. The summed E-state index contributed by atoms with van der Waals surface area (Å²) >= 11 is 0. The van der Waals surface area contributed by atoms with Crippen LogP contribution in [0.1, 0.15) is 37.9 Å². The van der Waals surface area contributed by atoms with Gasteiger partial charge in [-0.2, -0.15) is 0 Å². The number of imidazole rings is 1. The number of amides is 4. The van der Waals surface area contributed by atoms with E-state index in [9.17, 15) is 29.1 Å². The van der Waals surface area contributed by atoms with Crippen molar-refractivity contribution in [3.05, 3.63) is 54.1 Å². The Kier molecular flexibility index (Phi) is 11.4. The number of carbonyl (C=O) groups is 5. The number of primary amides is 1. The highest BCUT2D eigenvalue weighted by Gasteiger charge is 2.31. The van der Waals surface area contributed by atoms with E-state index >= 15 is 0 Å². The third kappa shape index (κ3) is 10.0. The molecule has 13 nitrogen and oxygen atoms in total. The molecule has 9 N–H and O–H groups in total. The molecule has 13 heteroatoms. The van der Waals surface area contributed by atoms with Gasteiger partial charge in [-0.05, 0) is 17.9 Å². The van der Waals surface area contributed by atoms with E-state index in [2.05, 4.69) is 25.9 Å². The Morgan fingerprint density at radius 1 is 0.921 bits per heavy atom. The van der Waals surface area contributed by atoms with Crippen LogP contribution in [0.5, 0.6) is 0 Å². The van der Waals surface area contributed by atoms with Gasteiger partial charge in [0.15, 0.2) is 0 Å². The van der Waals surface area contributed by atoms with E-state index in [1.54, 1.807) is 30.3 Å². The molecular formula is C25H35N7O6. The van der Waals surface area contributed by atoms with Crippen LogP contribution in [0.15, 0.2) is 42.9 Å². The number of hydrogen-bond donors (Lipinski definition) is 7. The van der Waals surface area contributed by atoms with Crippen LogP contribution in [0.4, 0.5) is 0 Å². The number of rotatable bonds is 15. The maximum Gasteiger partial charge on any atom is 0.326 e. The summed E-state index contributed by atoms with van der Waals surface area (Å²) in [5, 5.41) is 17.3. The summed E-state index contributed by atoms with van der Waals surface area (Å²) in [4.78, 5) is 68.7. The van der Waals surface area contributed by atoms with Gasteiger partial charge in [-0.1, -0.05) is 44.2 Å². The molecule has 0 aliphatic carbocycles. The van der Waals surface area contributed by atoms with Crippen LogP contribution in [0.3, 0.4) is 0 Å². The minimum atomic E-state index is -1.27. The van der Waals surface area contributed by atoms with E-state index in [4.69, 9.17) is 11.5 Å². The highest BCUT2D eigenvalue weighted by atomic mass is 16.4. The van der Waals surface area contributed by atoms with Gasteiger partial charge in [0, 0.05) is 24.7 Å². The second kappa shape index (κ2) is 14.5. The number of benzene rings is 1. The van der Waals surface area contributed by atoms with Gasteiger partial charge in [-0.25, -0.2) is 9.78 Å². The molecule has 4 atom stereocenters. The largest absolute Gasteiger partial charge is 0.480 e. The fourth-order valence-electron chi connectivity index (χ4n) is 3.71. The lowest BCUT2D eigenvalue weighted by atomic mass is 10.0. The third-order valence-corrected chi connectivity index (χ3v) is 5.61. The minimum absolute atomic E-state index is 0.0113. The number of carboxylic acids is 1. The minimum Gasteiger partial charge on any atom is -0.480 e. The Balaban J connectivity index is 2.18. The zero-order valence-corrected chi connectivity index (χ0v) is 21.3. The number of carbonyl (C=O) groups excluding carboxylic acids is 4. The highest BCUT2D eigenvalue weighted by Crippen LogP contribution is 2.09. The van der Waals surface area contributed by atoms with E-state index < -0.39 is 60.2 Å². The van der Waals surface area contributed by atoms with Gasteiger partial charge in [0.25, 0.3) is 0 Å². The average Bonchev–Trinajstić information content (AvgIpc) is 3.35. The summed E-state index contributed by atoms with van der Waals surface area (Å²) in [6.45, 7) is 3.69. The third-order valence-electron chi connectivity index (χ3n) is 5.61. The second-order valence-electron chi connectivity index (χ2n) is 9.40. The number of nitrogens with one attached hydrogen (secondary N) is 4. The standard InChI is InChI=1S/C25H35N7O6/c1-14(2)8-18(23(35)32-20(25(37)38)9-15-6-4-3-5-7-15)31-24(36)19(10-16-12-28-13-29-16)30-22(34)17(26)11-21(27)33/h3-7,12-14,17-20H,8-11,26H2,1-2H3,(H2,27,33)(H,28,29)(H,30,34)(H,31,36)(H,32,35)(H,37,38). The predicted octanol–water partition coefficient (Wildman–Crippen LogP) is -1.02. The number of aromatic amines is 1. The van der Waals surface area contributed by atoms with E-state index in [1.807, 2.05) is 13.8 Å². The zero-order chi connectivity index (χ0) is 28.2.